The van der Waals surface area contributed by atoms with Gasteiger partial charge >= 0.3 is 0 Å². The molecule has 2 aliphatic rings. The van der Waals surface area contributed by atoms with Crippen LogP contribution < -0.4 is 5.32 Å². The average Bonchev–Trinajstić information content (AvgIpc) is 2.91. The summed E-state index contributed by atoms with van der Waals surface area (Å²) in [5.41, 5.74) is 0. The zero-order chi connectivity index (χ0) is 13.1. The minimum absolute atomic E-state index is 0.497. The van der Waals surface area contributed by atoms with Gasteiger partial charge in [-0.25, -0.2) is 0 Å². The Hall–Kier alpha value is -0.940. The molecule has 106 valence electrons. The smallest absolute Gasteiger partial charge is 0.226 e. The monoisotopic (exact) mass is 264 g/mol. The number of piperidine rings is 2. The predicted molar refractivity (Wildman–Crippen MR) is 73.1 cm³/mol. The molecule has 19 heavy (non-hydrogen) atoms. The third kappa shape index (κ3) is 3.34. The van der Waals surface area contributed by atoms with Crippen LogP contribution in [0.4, 0.5) is 0 Å². The summed E-state index contributed by atoms with van der Waals surface area (Å²) in [6.07, 6.45) is 5.73. The molecule has 0 amide bonds. The molecule has 0 atom stereocenters. The number of hydrogen-bond acceptors (Lipinski definition) is 5. The lowest BCUT2D eigenvalue weighted by Crippen LogP contribution is -2.31. The lowest BCUT2D eigenvalue weighted by atomic mass is 9.94. The Kier molecular flexibility index (Phi) is 4.13. The molecule has 5 nitrogen and oxygen atoms in total. The van der Waals surface area contributed by atoms with E-state index in [1.807, 2.05) is 0 Å². The van der Waals surface area contributed by atoms with E-state index in [9.17, 15) is 0 Å². The third-order valence-electron chi connectivity index (χ3n) is 4.49. The second-order valence-corrected chi connectivity index (χ2v) is 6.02. The Balaban J connectivity index is 1.55. The highest BCUT2D eigenvalue weighted by molar-refractivity contribution is 4.98. The largest absolute Gasteiger partial charge is 0.339 e. The summed E-state index contributed by atoms with van der Waals surface area (Å²) in [5.74, 6) is 3.00. The fraction of sp³-hybridized carbons (Fsp3) is 0.857. The van der Waals surface area contributed by atoms with Crippen molar-refractivity contribution < 1.29 is 4.52 Å². The van der Waals surface area contributed by atoms with Gasteiger partial charge in [-0.05, 0) is 64.8 Å². The highest BCUT2D eigenvalue weighted by Gasteiger charge is 2.23. The molecule has 5 heteroatoms. The molecule has 0 radical (unpaired) electrons. The van der Waals surface area contributed by atoms with Gasteiger partial charge in [0.1, 0.15) is 0 Å². The first-order valence-corrected chi connectivity index (χ1v) is 7.53. The van der Waals surface area contributed by atoms with E-state index in [0.29, 0.717) is 5.92 Å². The maximum Gasteiger partial charge on any atom is 0.226 e. The van der Waals surface area contributed by atoms with Gasteiger partial charge in [-0.2, -0.15) is 4.98 Å². The molecule has 0 bridgehead atoms. The van der Waals surface area contributed by atoms with Gasteiger partial charge in [0.2, 0.25) is 5.89 Å². The third-order valence-corrected chi connectivity index (χ3v) is 4.49. The van der Waals surface area contributed by atoms with Gasteiger partial charge < -0.3 is 14.7 Å². The number of nitrogens with zero attached hydrogens (tertiary/aromatic N) is 3. The van der Waals surface area contributed by atoms with Crippen LogP contribution in [0.3, 0.4) is 0 Å². The number of aromatic nitrogens is 2. The van der Waals surface area contributed by atoms with E-state index in [2.05, 4.69) is 27.4 Å². The maximum atomic E-state index is 5.45. The lowest BCUT2D eigenvalue weighted by Gasteiger charge is -2.27. The van der Waals surface area contributed by atoms with E-state index < -0.39 is 0 Å². The summed E-state index contributed by atoms with van der Waals surface area (Å²) < 4.78 is 5.45. The Bertz CT molecular complexity index is 392. The van der Waals surface area contributed by atoms with Crippen molar-refractivity contribution >= 4 is 0 Å². The Morgan fingerprint density at radius 3 is 2.68 bits per heavy atom. The molecule has 0 aromatic carbocycles. The summed E-state index contributed by atoms with van der Waals surface area (Å²) in [5, 5.41) is 7.57. The van der Waals surface area contributed by atoms with Gasteiger partial charge in [0.05, 0.1) is 0 Å². The van der Waals surface area contributed by atoms with E-state index in [4.69, 9.17) is 4.52 Å². The highest BCUT2D eigenvalue weighted by Crippen LogP contribution is 2.24. The van der Waals surface area contributed by atoms with Crippen LogP contribution in [-0.4, -0.2) is 48.3 Å². The van der Waals surface area contributed by atoms with Gasteiger partial charge in [0.25, 0.3) is 0 Å². The zero-order valence-electron chi connectivity index (χ0n) is 11.8. The van der Waals surface area contributed by atoms with Crippen LogP contribution >= 0.6 is 0 Å². The topological polar surface area (TPSA) is 54.2 Å². The molecule has 3 rings (SSSR count). The fourth-order valence-corrected chi connectivity index (χ4v) is 3.11. The minimum atomic E-state index is 0.497. The Morgan fingerprint density at radius 2 is 1.95 bits per heavy atom. The predicted octanol–water partition coefficient (Wildman–Crippen LogP) is 1.42. The molecule has 3 heterocycles. The molecular weight excluding hydrogens is 240 g/mol. The molecule has 0 spiro atoms. The van der Waals surface area contributed by atoms with Crippen LogP contribution in [0.25, 0.3) is 0 Å². The first kappa shape index (κ1) is 13.1. The van der Waals surface area contributed by atoms with Crippen molar-refractivity contribution in [2.75, 3.05) is 33.2 Å². The number of hydrogen-bond donors (Lipinski definition) is 1. The molecule has 0 aliphatic carbocycles. The van der Waals surface area contributed by atoms with Crippen LogP contribution in [0.15, 0.2) is 4.52 Å². The minimum Gasteiger partial charge on any atom is -0.339 e. The van der Waals surface area contributed by atoms with Crippen molar-refractivity contribution in [2.45, 2.75) is 38.0 Å². The Labute approximate surface area is 114 Å². The maximum absolute atomic E-state index is 5.45. The van der Waals surface area contributed by atoms with E-state index in [0.717, 1.165) is 50.0 Å². The molecular formula is C14H24N4O. The molecule has 2 aliphatic heterocycles. The van der Waals surface area contributed by atoms with Gasteiger partial charge in [-0.3, -0.25) is 0 Å². The van der Waals surface area contributed by atoms with Crippen molar-refractivity contribution in [1.82, 2.24) is 20.4 Å². The van der Waals surface area contributed by atoms with E-state index in [1.54, 1.807) is 0 Å². The zero-order valence-corrected chi connectivity index (χ0v) is 11.8. The Morgan fingerprint density at radius 1 is 1.21 bits per heavy atom. The number of likely N-dealkylation sites (tertiary alicyclic amines) is 1. The fourth-order valence-electron chi connectivity index (χ4n) is 3.11. The summed E-state index contributed by atoms with van der Waals surface area (Å²) in [7, 11) is 2.19. The van der Waals surface area contributed by atoms with Crippen LogP contribution in [0, 0.1) is 5.92 Å². The second-order valence-electron chi connectivity index (χ2n) is 6.02. The molecule has 1 N–H and O–H groups in total. The van der Waals surface area contributed by atoms with Crippen LogP contribution in [0.2, 0.25) is 0 Å². The van der Waals surface area contributed by atoms with Crippen molar-refractivity contribution in [3.8, 4) is 0 Å². The highest BCUT2D eigenvalue weighted by atomic mass is 16.5. The van der Waals surface area contributed by atoms with E-state index >= 15 is 0 Å². The normalized spacial score (nSPS) is 23.8. The summed E-state index contributed by atoms with van der Waals surface area (Å²) >= 11 is 0. The lowest BCUT2D eigenvalue weighted by molar-refractivity contribution is 0.208. The van der Waals surface area contributed by atoms with Gasteiger partial charge in [-0.15, -0.1) is 0 Å². The van der Waals surface area contributed by atoms with Gasteiger partial charge in [-0.1, -0.05) is 5.16 Å². The van der Waals surface area contributed by atoms with Crippen LogP contribution in [0.1, 0.15) is 43.3 Å². The van der Waals surface area contributed by atoms with E-state index in [-0.39, 0.29) is 0 Å². The molecule has 2 fully saturated rings. The first-order valence-electron chi connectivity index (χ1n) is 7.53. The molecule has 0 unspecified atom stereocenters. The van der Waals surface area contributed by atoms with Gasteiger partial charge in [0.15, 0.2) is 5.82 Å². The number of nitrogens with one attached hydrogen (secondary N) is 1. The SMILES string of the molecule is CN1CCC(Cc2nc(C3CCNCC3)no2)CC1. The molecule has 2 saturated heterocycles. The van der Waals surface area contributed by atoms with Crippen LogP contribution in [-0.2, 0) is 6.42 Å². The first-order chi connectivity index (χ1) is 9.31. The summed E-state index contributed by atoms with van der Waals surface area (Å²) in [4.78, 5) is 7.02. The average molecular weight is 264 g/mol. The van der Waals surface area contributed by atoms with Crippen molar-refractivity contribution in [3.63, 3.8) is 0 Å². The molecule has 1 aromatic heterocycles. The molecule has 1 aromatic rings. The molecule has 0 saturated carbocycles. The van der Waals surface area contributed by atoms with Gasteiger partial charge in [0, 0.05) is 12.3 Å². The van der Waals surface area contributed by atoms with Crippen molar-refractivity contribution in [3.05, 3.63) is 11.7 Å². The van der Waals surface area contributed by atoms with Crippen molar-refractivity contribution in [2.24, 2.45) is 5.92 Å². The quantitative estimate of drug-likeness (QED) is 0.895. The van der Waals surface area contributed by atoms with Crippen molar-refractivity contribution in [1.29, 1.82) is 0 Å². The summed E-state index contributed by atoms with van der Waals surface area (Å²) in [6, 6.07) is 0. The standard InChI is InChI=1S/C14H24N4O/c1-18-8-4-11(5-9-18)10-13-16-14(17-19-13)12-2-6-15-7-3-12/h11-12,15H,2-10H2,1H3. The van der Waals surface area contributed by atoms with E-state index in [1.165, 1.54) is 25.9 Å². The summed E-state index contributed by atoms with van der Waals surface area (Å²) in [6.45, 7) is 4.53. The van der Waals surface area contributed by atoms with Crippen LogP contribution in [0.5, 0.6) is 0 Å². The second kappa shape index (κ2) is 6.01. The number of rotatable bonds is 3.